The van der Waals surface area contributed by atoms with E-state index in [4.69, 9.17) is 4.74 Å². The number of nitrogens with zero attached hydrogens (tertiary/aromatic N) is 2. The Kier molecular flexibility index (Phi) is 2.86. The number of rotatable bonds is 3. The molecule has 76 valence electrons. The van der Waals surface area contributed by atoms with Crippen LogP contribution in [0.15, 0.2) is 0 Å². The third-order valence-corrected chi connectivity index (χ3v) is 3.20. The number of piperazine rings is 1. The summed E-state index contributed by atoms with van der Waals surface area (Å²) in [4.78, 5) is 5.02. The van der Waals surface area contributed by atoms with Crippen molar-refractivity contribution in [1.29, 1.82) is 0 Å². The molecule has 0 aromatic rings. The van der Waals surface area contributed by atoms with Gasteiger partial charge in [0, 0.05) is 32.2 Å². The first kappa shape index (κ1) is 9.44. The second-order valence-corrected chi connectivity index (χ2v) is 4.26. The van der Waals surface area contributed by atoms with Gasteiger partial charge in [-0.25, -0.2) is 0 Å². The maximum Gasteiger partial charge on any atom is 0.0936 e. The van der Waals surface area contributed by atoms with Crippen molar-refractivity contribution < 1.29 is 4.74 Å². The SMILES string of the molecule is CCC1CN(C[C@@H]2CO2)CCN1C. The Morgan fingerprint density at radius 3 is 2.77 bits per heavy atom. The molecule has 2 aliphatic rings. The molecule has 0 spiro atoms. The van der Waals surface area contributed by atoms with Gasteiger partial charge in [0.25, 0.3) is 0 Å². The monoisotopic (exact) mass is 184 g/mol. The number of likely N-dealkylation sites (N-methyl/N-ethyl adjacent to an activating group) is 1. The molecule has 0 bridgehead atoms. The van der Waals surface area contributed by atoms with Crippen LogP contribution in [0.5, 0.6) is 0 Å². The third-order valence-electron chi connectivity index (χ3n) is 3.20. The van der Waals surface area contributed by atoms with E-state index < -0.39 is 0 Å². The average molecular weight is 184 g/mol. The normalized spacial score (nSPS) is 36.5. The smallest absolute Gasteiger partial charge is 0.0936 e. The quantitative estimate of drug-likeness (QED) is 0.592. The average Bonchev–Trinajstić information content (AvgIpc) is 2.92. The Labute approximate surface area is 80.6 Å². The van der Waals surface area contributed by atoms with Crippen molar-refractivity contribution in [3.05, 3.63) is 0 Å². The summed E-state index contributed by atoms with van der Waals surface area (Å²) >= 11 is 0. The van der Waals surface area contributed by atoms with Gasteiger partial charge in [-0.3, -0.25) is 4.90 Å². The van der Waals surface area contributed by atoms with Crippen molar-refractivity contribution >= 4 is 0 Å². The molecule has 2 atom stereocenters. The Hall–Kier alpha value is -0.120. The van der Waals surface area contributed by atoms with Gasteiger partial charge in [0.05, 0.1) is 12.7 Å². The van der Waals surface area contributed by atoms with Gasteiger partial charge in [-0.15, -0.1) is 0 Å². The van der Waals surface area contributed by atoms with Crippen LogP contribution in [0.1, 0.15) is 13.3 Å². The van der Waals surface area contributed by atoms with E-state index in [-0.39, 0.29) is 0 Å². The maximum absolute atomic E-state index is 5.25. The van der Waals surface area contributed by atoms with Crippen LogP contribution in [-0.4, -0.2) is 61.8 Å². The van der Waals surface area contributed by atoms with Gasteiger partial charge in [-0.05, 0) is 13.5 Å². The van der Waals surface area contributed by atoms with Crippen LogP contribution in [0.3, 0.4) is 0 Å². The molecule has 3 heteroatoms. The fourth-order valence-corrected chi connectivity index (χ4v) is 2.08. The van der Waals surface area contributed by atoms with Gasteiger partial charge in [-0.2, -0.15) is 0 Å². The summed E-state index contributed by atoms with van der Waals surface area (Å²) in [6.07, 6.45) is 1.82. The van der Waals surface area contributed by atoms with Gasteiger partial charge in [0.15, 0.2) is 0 Å². The highest BCUT2D eigenvalue weighted by Crippen LogP contribution is 2.15. The molecule has 0 N–H and O–H groups in total. The zero-order valence-electron chi connectivity index (χ0n) is 8.70. The first-order valence-electron chi connectivity index (χ1n) is 5.33. The van der Waals surface area contributed by atoms with Gasteiger partial charge in [0.1, 0.15) is 0 Å². The molecule has 0 aromatic carbocycles. The molecular weight excluding hydrogens is 164 g/mol. The van der Waals surface area contributed by atoms with E-state index in [1.165, 1.54) is 26.1 Å². The molecule has 2 fully saturated rings. The van der Waals surface area contributed by atoms with Crippen molar-refractivity contribution in [2.24, 2.45) is 0 Å². The first-order chi connectivity index (χ1) is 6.29. The van der Waals surface area contributed by atoms with Crippen LogP contribution in [0.25, 0.3) is 0 Å². The summed E-state index contributed by atoms with van der Waals surface area (Å²) in [6, 6.07) is 0.757. The van der Waals surface area contributed by atoms with E-state index in [2.05, 4.69) is 23.8 Å². The van der Waals surface area contributed by atoms with Crippen molar-refractivity contribution in [1.82, 2.24) is 9.80 Å². The summed E-state index contributed by atoms with van der Waals surface area (Å²) < 4.78 is 5.25. The molecule has 1 unspecified atom stereocenters. The van der Waals surface area contributed by atoms with Crippen molar-refractivity contribution in [3.8, 4) is 0 Å². The summed E-state index contributed by atoms with van der Waals surface area (Å²) in [5.41, 5.74) is 0. The summed E-state index contributed by atoms with van der Waals surface area (Å²) in [5, 5.41) is 0. The molecule has 0 aromatic heterocycles. The zero-order valence-corrected chi connectivity index (χ0v) is 8.70. The van der Waals surface area contributed by atoms with Gasteiger partial charge in [-0.1, -0.05) is 6.92 Å². The molecular formula is C10H20N2O. The number of epoxide rings is 1. The highest BCUT2D eigenvalue weighted by molar-refractivity contribution is 4.83. The van der Waals surface area contributed by atoms with Crippen LogP contribution in [-0.2, 0) is 4.74 Å². The zero-order chi connectivity index (χ0) is 9.26. The lowest BCUT2D eigenvalue weighted by Crippen LogP contribution is -2.51. The standard InChI is InChI=1S/C10H20N2O/c1-3-9-6-12(5-4-11(9)2)7-10-8-13-10/h9-10H,3-8H2,1-2H3/t9?,10-/m1/s1. The lowest BCUT2D eigenvalue weighted by atomic mass is 10.1. The minimum Gasteiger partial charge on any atom is -0.372 e. The second-order valence-electron chi connectivity index (χ2n) is 4.26. The first-order valence-corrected chi connectivity index (χ1v) is 5.33. The second kappa shape index (κ2) is 3.95. The maximum atomic E-state index is 5.25. The van der Waals surface area contributed by atoms with E-state index in [0.29, 0.717) is 6.10 Å². The van der Waals surface area contributed by atoms with Gasteiger partial charge in [0.2, 0.25) is 0 Å². The molecule has 0 radical (unpaired) electrons. The van der Waals surface area contributed by atoms with Crippen molar-refractivity contribution in [3.63, 3.8) is 0 Å². The molecule has 2 rings (SSSR count). The van der Waals surface area contributed by atoms with Crippen LogP contribution in [0, 0.1) is 0 Å². The molecule has 0 saturated carbocycles. The van der Waals surface area contributed by atoms with E-state index in [1.54, 1.807) is 0 Å². The van der Waals surface area contributed by atoms with Crippen LogP contribution in [0.4, 0.5) is 0 Å². The minimum atomic E-state index is 0.556. The Bertz CT molecular complexity index is 170. The Morgan fingerprint density at radius 1 is 1.38 bits per heavy atom. The van der Waals surface area contributed by atoms with Gasteiger partial charge < -0.3 is 9.64 Å². The lowest BCUT2D eigenvalue weighted by molar-refractivity contribution is 0.0879. The van der Waals surface area contributed by atoms with Crippen molar-refractivity contribution in [2.45, 2.75) is 25.5 Å². The molecule has 0 amide bonds. The fourth-order valence-electron chi connectivity index (χ4n) is 2.08. The van der Waals surface area contributed by atoms with Crippen molar-refractivity contribution in [2.75, 3.05) is 39.8 Å². The molecule has 0 aliphatic carbocycles. The highest BCUT2D eigenvalue weighted by atomic mass is 16.6. The van der Waals surface area contributed by atoms with Crippen LogP contribution >= 0.6 is 0 Å². The van der Waals surface area contributed by atoms with E-state index in [9.17, 15) is 0 Å². The predicted molar refractivity (Wildman–Crippen MR) is 52.9 cm³/mol. The highest BCUT2D eigenvalue weighted by Gasteiger charge is 2.29. The summed E-state index contributed by atoms with van der Waals surface area (Å²) in [5.74, 6) is 0. The molecule has 2 saturated heterocycles. The lowest BCUT2D eigenvalue weighted by Gasteiger charge is -2.38. The topological polar surface area (TPSA) is 19.0 Å². The van der Waals surface area contributed by atoms with Gasteiger partial charge >= 0.3 is 0 Å². The molecule has 3 nitrogen and oxygen atoms in total. The minimum absolute atomic E-state index is 0.556. The Balaban J connectivity index is 1.78. The van der Waals surface area contributed by atoms with Crippen LogP contribution in [0.2, 0.25) is 0 Å². The summed E-state index contributed by atoms with van der Waals surface area (Å²) in [7, 11) is 2.24. The number of hydrogen-bond donors (Lipinski definition) is 0. The Morgan fingerprint density at radius 2 is 2.15 bits per heavy atom. The predicted octanol–water partition coefficient (Wildman–Crippen LogP) is 0.411. The molecule has 2 aliphatic heterocycles. The van der Waals surface area contributed by atoms with E-state index in [0.717, 1.165) is 19.2 Å². The largest absolute Gasteiger partial charge is 0.372 e. The summed E-state index contributed by atoms with van der Waals surface area (Å²) in [6.45, 7) is 8.08. The van der Waals surface area contributed by atoms with E-state index in [1.807, 2.05) is 0 Å². The third kappa shape index (κ3) is 2.42. The molecule has 2 heterocycles. The number of hydrogen-bond acceptors (Lipinski definition) is 3. The van der Waals surface area contributed by atoms with Crippen LogP contribution < -0.4 is 0 Å². The van der Waals surface area contributed by atoms with E-state index >= 15 is 0 Å². The number of ether oxygens (including phenoxy) is 1. The fraction of sp³-hybridized carbons (Fsp3) is 1.00. The molecule has 13 heavy (non-hydrogen) atoms.